The highest BCUT2D eigenvalue weighted by molar-refractivity contribution is 5.78. The molecule has 1 N–H and O–H groups in total. The standard InChI is InChI=1S/C28H39NO4/c1-5-23-12-14-25(15-13-23)19-27(33-21(2)3)29-16-7-17-32-26-9-6-8-24(20-28(30)31)11-10-22(4)18-26/h6,9,12-15,18,21,24H,4-5,7-8,10-11,16-17,19-20H2,1-3H3,(H,30,31)/b9-6-,26-18+,29-27?/t24-/m0/s1. The maximum atomic E-state index is 11.0. The summed E-state index contributed by atoms with van der Waals surface area (Å²) >= 11 is 0. The molecule has 0 aromatic heterocycles. The molecule has 0 bridgehead atoms. The summed E-state index contributed by atoms with van der Waals surface area (Å²) in [5.74, 6) is 0.917. The van der Waals surface area contributed by atoms with Crippen molar-refractivity contribution in [3.8, 4) is 0 Å². The number of ether oxygens (including phenoxy) is 2. The number of benzene rings is 1. The van der Waals surface area contributed by atoms with Crippen molar-refractivity contribution in [1.29, 1.82) is 0 Å². The third kappa shape index (κ3) is 11.0. The van der Waals surface area contributed by atoms with Crippen molar-refractivity contribution >= 4 is 11.9 Å². The maximum Gasteiger partial charge on any atom is 0.303 e. The number of aryl methyl sites for hydroxylation is 1. The highest BCUT2D eigenvalue weighted by Gasteiger charge is 2.13. The maximum absolute atomic E-state index is 11.0. The van der Waals surface area contributed by atoms with Crippen molar-refractivity contribution in [1.82, 2.24) is 0 Å². The van der Waals surface area contributed by atoms with Crippen LogP contribution in [0.4, 0.5) is 0 Å². The zero-order valence-corrected chi connectivity index (χ0v) is 20.4. The molecule has 2 rings (SSSR count). The summed E-state index contributed by atoms with van der Waals surface area (Å²) in [5.41, 5.74) is 3.49. The van der Waals surface area contributed by atoms with Gasteiger partial charge in [0.15, 0.2) is 5.90 Å². The van der Waals surface area contributed by atoms with Crippen molar-refractivity contribution in [2.75, 3.05) is 13.2 Å². The number of aliphatic carboxylic acids is 1. The van der Waals surface area contributed by atoms with E-state index < -0.39 is 5.97 Å². The normalized spacial score (nSPS) is 19.8. The van der Waals surface area contributed by atoms with Gasteiger partial charge in [0.2, 0.25) is 0 Å². The zero-order chi connectivity index (χ0) is 24.1. The molecular formula is C28H39NO4. The molecule has 0 heterocycles. The second-order valence-electron chi connectivity index (χ2n) is 8.84. The number of carboxylic acids is 1. The van der Waals surface area contributed by atoms with Crippen LogP contribution in [0, 0.1) is 5.92 Å². The highest BCUT2D eigenvalue weighted by atomic mass is 16.5. The summed E-state index contributed by atoms with van der Waals surface area (Å²) in [6, 6.07) is 8.61. The second kappa shape index (κ2) is 14.4. The number of carboxylic acid groups (broad SMARTS) is 1. The average Bonchev–Trinajstić information content (AvgIpc) is 2.84. The lowest BCUT2D eigenvalue weighted by atomic mass is 9.94. The van der Waals surface area contributed by atoms with Crippen LogP contribution in [0.15, 0.2) is 65.4 Å². The van der Waals surface area contributed by atoms with E-state index in [0.717, 1.165) is 49.3 Å². The molecule has 0 radical (unpaired) electrons. The van der Waals surface area contributed by atoms with Crippen molar-refractivity contribution in [2.45, 2.75) is 71.8 Å². The number of allylic oxidation sites excluding steroid dienone is 4. The van der Waals surface area contributed by atoms with E-state index in [4.69, 9.17) is 14.6 Å². The Hall–Kier alpha value is -2.82. The summed E-state index contributed by atoms with van der Waals surface area (Å²) in [6.45, 7) is 11.5. The van der Waals surface area contributed by atoms with Crippen LogP contribution in [0.3, 0.4) is 0 Å². The predicted molar refractivity (Wildman–Crippen MR) is 135 cm³/mol. The Balaban J connectivity index is 1.86. The van der Waals surface area contributed by atoms with Gasteiger partial charge in [-0.25, -0.2) is 0 Å². The number of nitrogens with zero attached hydrogens (tertiary/aromatic N) is 1. The van der Waals surface area contributed by atoms with E-state index in [9.17, 15) is 4.79 Å². The summed E-state index contributed by atoms with van der Waals surface area (Å²) in [4.78, 5) is 15.7. The monoisotopic (exact) mass is 453 g/mol. The van der Waals surface area contributed by atoms with Gasteiger partial charge >= 0.3 is 5.97 Å². The van der Waals surface area contributed by atoms with Gasteiger partial charge in [0.05, 0.1) is 12.7 Å². The molecule has 1 aromatic carbocycles. The van der Waals surface area contributed by atoms with Gasteiger partial charge in [-0.2, -0.15) is 0 Å². The second-order valence-corrected chi connectivity index (χ2v) is 8.84. The topological polar surface area (TPSA) is 68.1 Å². The molecule has 0 unspecified atom stereocenters. The van der Waals surface area contributed by atoms with Crippen LogP contribution in [0.2, 0.25) is 0 Å². The third-order valence-electron chi connectivity index (χ3n) is 5.45. The van der Waals surface area contributed by atoms with E-state index in [1.807, 2.05) is 32.1 Å². The SMILES string of the molecule is C=C1/C=C(OCCCN=C(Cc2ccc(CC)cc2)OC(C)C)\C=C/C[C@H](CC(=O)O)CC1. The molecule has 0 spiro atoms. The van der Waals surface area contributed by atoms with Gasteiger partial charge < -0.3 is 14.6 Å². The van der Waals surface area contributed by atoms with Gasteiger partial charge in [0.1, 0.15) is 5.76 Å². The summed E-state index contributed by atoms with van der Waals surface area (Å²) in [7, 11) is 0. The quantitative estimate of drug-likeness (QED) is 0.243. The van der Waals surface area contributed by atoms with E-state index in [-0.39, 0.29) is 18.4 Å². The molecule has 33 heavy (non-hydrogen) atoms. The molecule has 5 heteroatoms. The van der Waals surface area contributed by atoms with E-state index in [1.165, 1.54) is 11.1 Å². The van der Waals surface area contributed by atoms with Gasteiger partial charge in [-0.3, -0.25) is 9.79 Å². The van der Waals surface area contributed by atoms with Gasteiger partial charge in [-0.05, 0) is 68.7 Å². The Morgan fingerprint density at radius 2 is 1.97 bits per heavy atom. The number of aliphatic imine (C=N–C) groups is 1. The largest absolute Gasteiger partial charge is 0.494 e. The molecule has 1 atom stereocenters. The van der Waals surface area contributed by atoms with Gasteiger partial charge in [0.25, 0.3) is 0 Å². The molecule has 1 aliphatic rings. The van der Waals surface area contributed by atoms with E-state index in [2.05, 4.69) is 42.8 Å². The minimum absolute atomic E-state index is 0.0834. The molecule has 5 nitrogen and oxygen atoms in total. The minimum Gasteiger partial charge on any atom is -0.494 e. The lowest BCUT2D eigenvalue weighted by Gasteiger charge is -2.13. The average molecular weight is 454 g/mol. The molecule has 1 aromatic rings. The molecule has 0 fully saturated rings. The van der Waals surface area contributed by atoms with Crippen LogP contribution in [0.5, 0.6) is 0 Å². The molecule has 0 aliphatic heterocycles. The van der Waals surface area contributed by atoms with Gasteiger partial charge in [-0.1, -0.05) is 49.4 Å². The lowest BCUT2D eigenvalue weighted by molar-refractivity contribution is -0.138. The highest BCUT2D eigenvalue weighted by Crippen LogP contribution is 2.23. The van der Waals surface area contributed by atoms with Crippen LogP contribution < -0.4 is 0 Å². The van der Waals surface area contributed by atoms with Crippen LogP contribution >= 0.6 is 0 Å². The third-order valence-corrected chi connectivity index (χ3v) is 5.45. The minimum atomic E-state index is -0.748. The molecule has 0 saturated heterocycles. The Morgan fingerprint density at radius 1 is 1.24 bits per heavy atom. The Bertz CT molecular complexity index is 849. The van der Waals surface area contributed by atoms with E-state index in [0.29, 0.717) is 19.6 Å². The van der Waals surface area contributed by atoms with Crippen LogP contribution in [0.25, 0.3) is 0 Å². The van der Waals surface area contributed by atoms with Crippen LogP contribution in [-0.4, -0.2) is 36.2 Å². The van der Waals surface area contributed by atoms with Crippen molar-refractivity contribution in [2.24, 2.45) is 10.9 Å². The summed E-state index contributed by atoms with van der Waals surface area (Å²) in [6.07, 6.45) is 11.0. The van der Waals surface area contributed by atoms with Gasteiger partial charge in [0, 0.05) is 25.8 Å². The van der Waals surface area contributed by atoms with Crippen molar-refractivity contribution < 1.29 is 19.4 Å². The fraction of sp³-hybridized carbons (Fsp3) is 0.500. The smallest absolute Gasteiger partial charge is 0.303 e. The molecule has 0 amide bonds. The number of hydrogen-bond acceptors (Lipinski definition) is 4. The molecule has 0 saturated carbocycles. The Labute approximate surface area is 198 Å². The lowest BCUT2D eigenvalue weighted by Crippen LogP contribution is -2.15. The van der Waals surface area contributed by atoms with E-state index in [1.54, 1.807) is 0 Å². The molecule has 1 aliphatic carbocycles. The van der Waals surface area contributed by atoms with Crippen LogP contribution in [0.1, 0.15) is 64.0 Å². The zero-order valence-electron chi connectivity index (χ0n) is 20.4. The van der Waals surface area contributed by atoms with Crippen molar-refractivity contribution in [3.05, 3.63) is 71.5 Å². The fourth-order valence-electron chi connectivity index (χ4n) is 3.66. The Kier molecular flexibility index (Phi) is 11.5. The Morgan fingerprint density at radius 3 is 2.64 bits per heavy atom. The number of carbonyl (C=O) groups is 1. The van der Waals surface area contributed by atoms with Gasteiger partial charge in [-0.15, -0.1) is 0 Å². The first kappa shape index (κ1) is 26.4. The fourth-order valence-corrected chi connectivity index (χ4v) is 3.66. The summed E-state index contributed by atoms with van der Waals surface area (Å²) in [5, 5.41) is 9.07. The predicted octanol–water partition coefficient (Wildman–Crippen LogP) is 6.29. The number of hydrogen-bond donors (Lipinski definition) is 1. The summed E-state index contributed by atoms with van der Waals surface area (Å²) < 4.78 is 11.9. The first-order valence-corrected chi connectivity index (χ1v) is 12.0. The van der Waals surface area contributed by atoms with Crippen LogP contribution in [-0.2, 0) is 27.1 Å². The van der Waals surface area contributed by atoms with E-state index >= 15 is 0 Å². The van der Waals surface area contributed by atoms with Crippen molar-refractivity contribution in [3.63, 3.8) is 0 Å². The molecular weight excluding hydrogens is 414 g/mol. The molecule has 180 valence electrons. The first-order valence-electron chi connectivity index (χ1n) is 12.0. The first-order chi connectivity index (χ1) is 15.9. The number of rotatable bonds is 11.